The molecule has 0 atom stereocenters. The third-order valence-electron chi connectivity index (χ3n) is 10.2. The molecule has 0 aromatic heterocycles. The van der Waals surface area contributed by atoms with Crippen molar-refractivity contribution in [3.05, 3.63) is 243 Å². The van der Waals surface area contributed by atoms with Crippen LogP contribution in [0, 0.1) is 0 Å². The van der Waals surface area contributed by atoms with Gasteiger partial charge in [-0.3, -0.25) is 20.3 Å². The lowest BCUT2D eigenvalue weighted by atomic mass is 10.2. The fraction of sp³-hybridized carbons (Fsp3) is 0. The zero-order chi connectivity index (χ0) is 46.4. The van der Waals surface area contributed by atoms with Crippen LogP contribution >= 0.6 is 15.3 Å². The van der Waals surface area contributed by atoms with Crippen molar-refractivity contribution < 1.29 is 18.2 Å². The maximum atomic E-state index is 15.0. The molecule has 0 fully saturated rings. The molecule has 0 saturated carbocycles. The zero-order valence-electron chi connectivity index (χ0n) is 36.6. The van der Waals surface area contributed by atoms with Gasteiger partial charge in [-0.05, 0) is 158 Å². The summed E-state index contributed by atoms with van der Waals surface area (Å²) in [6.45, 7) is 0. The molecule has 0 unspecified atom stereocenters. The minimum Gasteiger partial charge on any atom is -0.414 e. The first-order valence-electron chi connectivity index (χ1n) is 21.8. The summed E-state index contributed by atoms with van der Waals surface area (Å²) < 4.78 is 42.8. The van der Waals surface area contributed by atoms with Gasteiger partial charge in [-0.2, -0.15) is 0 Å². The Hall–Kier alpha value is -8.56. The SMILES string of the molecule is O=P(Nc1ccc(Nc2ccccc2)cc1)(Nc1ccc(Nc2ccccc2)cc1)Oc1cccc(OP(=O)(Nc2ccc(Nc3ccccc3)cc2)Nc2ccc(Nc3ccccc3)cc2)c1. The second-order valence-corrected chi connectivity index (χ2v) is 18.9. The van der Waals surface area contributed by atoms with Crippen LogP contribution in [0.1, 0.15) is 0 Å². The Kier molecular flexibility index (Phi) is 13.9. The van der Waals surface area contributed by atoms with Crippen LogP contribution < -0.4 is 50.7 Å². The summed E-state index contributed by atoms with van der Waals surface area (Å²) in [5, 5.41) is 26.0. The lowest BCUT2D eigenvalue weighted by molar-refractivity contribution is 0.483. The van der Waals surface area contributed by atoms with Crippen LogP contribution in [-0.4, -0.2) is 0 Å². The van der Waals surface area contributed by atoms with Crippen LogP contribution in [0.25, 0.3) is 0 Å². The maximum Gasteiger partial charge on any atom is 0.444 e. The van der Waals surface area contributed by atoms with Crippen LogP contribution in [0.5, 0.6) is 11.5 Å². The molecule has 68 heavy (non-hydrogen) atoms. The molecule has 9 rings (SSSR count). The van der Waals surface area contributed by atoms with Gasteiger partial charge in [-0.15, -0.1) is 0 Å². The van der Waals surface area contributed by atoms with Crippen molar-refractivity contribution in [1.29, 1.82) is 0 Å². The third-order valence-corrected chi connectivity index (χ3v) is 13.3. The molecule has 9 aromatic rings. The van der Waals surface area contributed by atoms with Gasteiger partial charge in [0.15, 0.2) is 0 Å². The van der Waals surface area contributed by atoms with Crippen LogP contribution in [0.2, 0.25) is 0 Å². The second kappa shape index (κ2) is 21.2. The summed E-state index contributed by atoms with van der Waals surface area (Å²) in [6, 6.07) is 75.5. The van der Waals surface area contributed by atoms with E-state index in [-0.39, 0.29) is 11.5 Å². The quantitative estimate of drug-likeness (QED) is 0.0344. The number of nitrogens with one attached hydrogen (secondary N) is 8. The highest BCUT2D eigenvalue weighted by Crippen LogP contribution is 2.51. The van der Waals surface area contributed by atoms with Crippen molar-refractivity contribution >= 4 is 83.6 Å². The Morgan fingerprint density at radius 3 is 0.676 bits per heavy atom. The Morgan fingerprint density at radius 2 is 0.441 bits per heavy atom. The fourth-order valence-corrected chi connectivity index (χ4v) is 10.0. The van der Waals surface area contributed by atoms with Gasteiger partial charge in [0.05, 0.1) is 0 Å². The number of hydrogen-bond acceptors (Lipinski definition) is 8. The highest BCUT2D eigenvalue weighted by atomic mass is 31.2. The first-order valence-corrected chi connectivity index (χ1v) is 25.0. The van der Waals surface area contributed by atoms with Crippen molar-refractivity contribution in [3.63, 3.8) is 0 Å². The van der Waals surface area contributed by atoms with E-state index in [1.807, 2.05) is 218 Å². The molecule has 9 aromatic carbocycles. The fourth-order valence-electron chi connectivity index (χ4n) is 6.98. The smallest absolute Gasteiger partial charge is 0.414 e. The molecular weight excluding hydrogens is 887 g/mol. The predicted molar refractivity (Wildman–Crippen MR) is 282 cm³/mol. The topological polar surface area (TPSA) is 149 Å². The highest BCUT2D eigenvalue weighted by Gasteiger charge is 2.29. The first kappa shape index (κ1) is 44.6. The van der Waals surface area contributed by atoms with Gasteiger partial charge in [0.25, 0.3) is 0 Å². The van der Waals surface area contributed by atoms with E-state index in [1.165, 1.54) is 0 Å². The molecule has 0 aliphatic rings. The average Bonchev–Trinajstić information content (AvgIpc) is 3.35. The molecule has 0 aliphatic heterocycles. The first-order chi connectivity index (χ1) is 33.3. The molecule has 0 aliphatic carbocycles. The second-order valence-electron chi connectivity index (χ2n) is 15.5. The number of hydrogen-bond donors (Lipinski definition) is 8. The van der Waals surface area contributed by atoms with E-state index in [0.717, 1.165) is 45.5 Å². The van der Waals surface area contributed by atoms with E-state index < -0.39 is 15.3 Å². The standard InChI is InChI=1S/C54H48N8O4P2/c63-67(59-49-32-24-45(25-33-49)55-41-14-5-1-6-15-41,60-50-34-26-46(27-35-50)56-42-16-7-2-8-17-42)65-53-22-13-23-54(40-53)66-68(64,61-51-36-28-47(29-37-51)57-43-18-9-3-10-19-43)62-52-38-30-48(31-39-52)58-44-20-11-4-12-21-44/h1-40,55-58H,(H2,59,60,63)(H2,61,62,64). The van der Waals surface area contributed by atoms with Crippen molar-refractivity contribution in [2.24, 2.45) is 0 Å². The van der Waals surface area contributed by atoms with E-state index in [1.54, 1.807) is 24.3 Å². The molecule has 0 spiro atoms. The summed E-state index contributed by atoms with van der Waals surface area (Å²) in [5.74, 6) is 0.379. The normalized spacial score (nSPS) is 11.1. The van der Waals surface area contributed by atoms with Gasteiger partial charge < -0.3 is 30.3 Å². The molecule has 8 N–H and O–H groups in total. The molecule has 0 radical (unpaired) electrons. The number of anilines is 12. The molecule has 0 saturated heterocycles. The van der Waals surface area contributed by atoms with Crippen LogP contribution in [0.4, 0.5) is 68.2 Å². The van der Waals surface area contributed by atoms with Gasteiger partial charge in [-0.1, -0.05) is 78.9 Å². The summed E-state index contributed by atoms with van der Waals surface area (Å²) in [6.07, 6.45) is 0. The van der Waals surface area contributed by atoms with Crippen LogP contribution in [-0.2, 0) is 9.13 Å². The maximum absolute atomic E-state index is 15.0. The van der Waals surface area contributed by atoms with E-state index in [0.29, 0.717) is 22.7 Å². The Morgan fingerprint density at radius 1 is 0.235 bits per heavy atom. The monoisotopic (exact) mass is 934 g/mol. The third kappa shape index (κ3) is 12.8. The van der Waals surface area contributed by atoms with Gasteiger partial charge in [0.2, 0.25) is 0 Å². The van der Waals surface area contributed by atoms with Crippen molar-refractivity contribution in [1.82, 2.24) is 0 Å². The van der Waals surface area contributed by atoms with Gasteiger partial charge in [0, 0.05) is 74.3 Å². The molecular formula is C54H48N8O4P2. The molecule has 338 valence electrons. The Balaban J connectivity index is 0.961. The number of benzene rings is 9. The molecule has 14 heteroatoms. The average molecular weight is 935 g/mol. The van der Waals surface area contributed by atoms with Gasteiger partial charge >= 0.3 is 15.3 Å². The molecule has 0 bridgehead atoms. The largest absolute Gasteiger partial charge is 0.444 e. The lowest BCUT2D eigenvalue weighted by Crippen LogP contribution is -2.13. The predicted octanol–water partition coefficient (Wildman–Crippen LogP) is 16.1. The number of rotatable bonds is 20. The summed E-state index contributed by atoms with van der Waals surface area (Å²) >= 11 is 0. The molecule has 0 amide bonds. The molecule has 0 heterocycles. The van der Waals surface area contributed by atoms with Crippen molar-refractivity contribution in [2.75, 3.05) is 41.6 Å². The van der Waals surface area contributed by atoms with Crippen molar-refractivity contribution in [2.45, 2.75) is 0 Å². The highest BCUT2D eigenvalue weighted by molar-refractivity contribution is 7.62. The van der Waals surface area contributed by atoms with E-state index in [9.17, 15) is 0 Å². The lowest BCUT2D eigenvalue weighted by Gasteiger charge is -2.25. The van der Waals surface area contributed by atoms with Crippen LogP contribution in [0.15, 0.2) is 243 Å². The van der Waals surface area contributed by atoms with E-state index in [4.69, 9.17) is 9.05 Å². The Labute approximate surface area is 395 Å². The number of para-hydroxylation sites is 4. The molecule has 12 nitrogen and oxygen atoms in total. The van der Waals surface area contributed by atoms with E-state index >= 15 is 9.13 Å². The Bertz CT molecular complexity index is 2710. The summed E-state index contributed by atoms with van der Waals surface area (Å²) in [4.78, 5) is 0. The summed E-state index contributed by atoms with van der Waals surface area (Å²) in [7, 11) is -8.00. The minimum atomic E-state index is -4.00. The summed E-state index contributed by atoms with van der Waals surface area (Å²) in [5.41, 5.74) is 9.33. The van der Waals surface area contributed by atoms with Crippen molar-refractivity contribution in [3.8, 4) is 11.5 Å². The van der Waals surface area contributed by atoms with Gasteiger partial charge in [-0.25, -0.2) is 9.13 Å². The van der Waals surface area contributed by atoms with Gasteiger partial charge in [0.1, 0.15) is 11.5 Å². The minimum absolute atomic E-state index is 0.190. The van der Waals surface area contributed by atoms with E-state index in [2.05, 4.69) is 41.6 Å². The van der Waals surface area contributed by atoms with Crippen LogP contribution in [0.3, 0.4) is 0 Å². The zero-order valence-corrected chi connectivity index (χ0v) is 38.4.